The van der Waals surface area contributed by atoms with Crippen LogP contribution in [-0.4, -0.2) is 38.8 Å². The van der Waals surface area contributed by atoms with Crippen LogP contribution in [0.3, 0.4) is 0 Å². The summed E-state index contributed by atoms with van der Waals surface area (Å²) >= 11 is 0. The molecule has 0 radical (unpaired) electrons. The van der Waals surface area contributed by atoms with Gasteiger partial charge in [0.2, 0.25) is 0 Å². The van der Waals surface area contributed by atoms with Crippen molar-refractivity contribution >= 4 is 17.4 Å². The molecule has 1 saturated heterocycles. The minimum Gasteiger partial charge on any atom is -0.481 e. The Kier molecular flexibility index (Phi) is 2.43. The molecule has 6 heteroatoms. The van der Waals surface area contributed by atoms with Crippen molar-refractivity contribution in [1.82, 2.24) is 14.6 Å². The highest BCUT2D eigenvalue weighted by molar-refractivity contribution is 5.68. The SMILES string of the molecule is Cc1cc(N2CC(CC(=O)O)C2)n2ncnc2c1. The molecule has 1 N–H and O–H groups in total. The van der Waals surface area contributed by atoms with Crippen LogP contribution in [0, 0.1) is 12.8 Å². The minimum atomic E-state index is -0.727. The molecule has 94 valence electrons. The number of rotatable bonds is 3. The van der Waals surface area contributed by atoms with Crippen molar-refractivity contribution in [2.75, 3.05) is 18.0 Å². The molecule has 0 amide bonds. The van der Waals surface area contributed by atoms with Gasteiger partial charge in [-0.05, 0) is 24.6 Å². The van der Waals surface area contributed by atoms with E-state index in [2.05, 4.69) is 21.0 Å². The summed E-state index contributed by atoms with van der Waals surface area (Å²) in [4.78, 5) is 16.9. The number of pyridine rings is 1. The van der Waals surface area contributed by atoms with E-state index in [0.717, 1.165) is 30.1 Å². The monoisotopic (exact) mass is 246 g/mol. The summed E-state index contributed by atoms with van der Waals surface area (Å²) in [6, 6.07) is 4.03. The molecular weight excluding hydrogens is 232 g/mol. The molecule has 1 fully saturated rings. The highest BCUT2D eigenvalue weighted by Gasteiger charge is 2.30. The molecule has 0 atom stereocenters. The van der Waals surface area contributed by atoms with Crippen LogP contribution < -0.4 is 4.90 Å². The third-order valence-electron chi connectivity index (χ3n) is 3.25. The van der Waals surface area contributed by atoms with E-state index in [1.807, 2.05) is 13.0 Å². The summed E-state index contributed by atoms with van der Waals surface area (Å²) < 4.78 is 1.80. The number of hydrogen-bond donors (Lipinski definition) is 1. The number of nitrogens with zero attached hydrogens (tertiary/aromatic N) is 4. The van der Waals surface area contributed by atoms with Gasteiger partial charge in [0.05, 0.1) is 6.42 Å². The topological polar surface area (TPSA) is 70.7 Å². The number of carboxylic acids is 1. The van der Waals surface area contributed by atoms with Gasteiger partial charge in [-0.25, -0.2) is 4.98 Å². The summed E-state index contributed by atoms with van der Waals surface area (Å²) in [7, 11) is 0. The van der Waals surface area contributed by atoms with Crippen molar-refractivity contribution in [3.8, 4) is 0 Å². The zero-order chi connectivity index (χ0) is 12.7. The summed E-state index contributed by atoms with van der Waals surface area (Å²) in [5.41, 5.74) is 1.96. The molecule has 0 bridgehead atoms. The van der Waals surface area contributed by atoms with Crippen molar-refractivity contribution in [2.45, 2.75) is 13.3 Å². The van der Waals surface area contributed by atoms with Gasteiger partial charge in [-0.3, -0.25) is 4.79 Å². The second-order valence-electron chi connectivity index (χ2n) is 4.79. The van der Waals surface area contributed by atoms with Crippen molar-refractivity contribution in [2.24, 2.45) is 5.92 Å². The third-order valence-corrected chi connectivity index (χ3v) is 3.25. The van der Waals surface area contributed by atoms with Crippen molar-refractivity contribution in [3.63, 3.8) is 0 Å². The van der Waals surface area contributed by atoms with E-state index in [0.29, 0.717) is 0 Å². The number of carboxylic acid groups (broad SMARTS) is 1. The maximum atomic E-state index is 10.6. The first kappa shape index (κ1) is 11.0. The molecule has 3 heterocycles. The predicted molar refractivity (Wildman–Crippen MR) is 65.7 cm³/mol. The molecule has 0 spiro atoms. The maximum absolute atomic E-state index is 10.6. The van der Waals surface area contributed by atoms with E-state index in [1.54, 1.807) is 4.52 Å². The van der Waals surface area contributed by atoms with Crippen LogP contribution in [-0.2, 0) is 4.79 Å². The van der Waals surface area contributed by atoms with Gasteiger partial charge in [0.15, 0.2) is 5.65 Å². The number of aliphatic carboxylic acids is 1. The molecule has 3 rings (SSSR count). The fraction of sp³-hybridized carbons (Fsp3) is 0.417. The molecule has 6 nitrogen and oxygen atoms in total. The van der Waals surface area contributed by atoms with Gasteiger partial charge in [-0.1, -0.05) is 0 Å². The van der Waals surface area contributed by atoms with Crippen LogP contribution in [0.25, 0.3) is 5.65 Å². The summed E-state index contributed by atoms with van der Waals surface area (Å²) in [5.74, 6) is 0.500. The Hall–Kier alpha value is -2.11. The lowest BCUT2D eigenvalue weighted by molar-refractivity contribution is -0.138. The Morgan fingerprint density at radius 1 is 1.50 bits per heavy atom. The smallest absolute Gasteiger partial charge is 0.303 e. The molecule has 0 saturated carbocycles. The number of aryl methyl sites for hydroxylation is 1. The van der Waals surface area contributed by atoms with Crippen LogP contribution in [0.5, 0.6) is 0 Å². The van der Waals surface area contributed by atoms with E-state index < -0.39 is 5.97 Å². The summed E-state index contributed by atoms with van der Waals surface area (Å²) in [5, 5.41) is 12.9. The lowest BCUT2D eigenvalue weighted by Gasteiger charge is -2.40. The molecule has 0 aliphatic carbocycles. The fourth-order valence-electron chi connectivity index (χ4n) is 2.39. The lowest BCUT2D eigenvalue weighted by Crippen LogP contribution is -2.48. The highest BCUT2D eigenvalue weighted by atomic mass is 16.4. The van der Waals surface area contributed by atoms with Crippen LogP contribution in [0.2, 0.25) is 0 Å². The Morgan fingerprint density at radius 3 is 3.00 bits per heavy atom. The number of hydrogen-bond acceptors (Lipinski definition) is 4. The average Bonchev–Trinajstić information content (AvgIpc) is 2.69. The van der Waals surface area contributed by atoms with Gasteiger partial charge in [-0.2, -0.15) is 9.61 Å². The van der Waals surface area contributed by atoms with Gasteiger partial charge in [-0.15, -0.1) is 0 Å². The minimum absolute atomic E-state index is 0.238. The van der Waals surface area contributed by atoms with E-state index in [-0.39, 0.29) is 12.3 Å². The van der Waals surface area contributed by atoms with E-state index in [4.69, 9.17) is 5.11 Å². The second-order valence-corrected chi connectivity index (χ2v) is 4.79. The predicted octanol–water partition coefficient (Wildman–Crippen LogP) is 0.949. The molecule has 18 heavy (non-hydrogen) atoms. The zero-order valence-electron chi connectivity index (χ0n) is 10.1. The lowest BCUT2D eigenvalue weighted by atomic mass is 9.96. The molecule has 2 aromatic heterocycles. The van der Waals surface area contributed by atoms with Gasteiger partial charge >= 0.3 is 5.97 Å². The first-order valence-corrected chi connectivity index (χ1v) is 5.90. The van der Waals surface area contributed by atoms with E-state index >= 15 is 0 Å². The normalized spacial score (nSPS) is 15.9. The van der Waals surface area contributed by atoms with Crippen molar-refractivity contribution in [1.29, 1.82) is 0 Å². The number of carbonyl (C=O) groups is 1. The summed E-state index contributed by atoms with van der Waals surface area (Å²) in [6.07, 6.45) is 1.77. The van der Waals surface area contributed by atoms with Crippen LogP contribution in [0.4, 0.5) is 5.82 Å². The second kappa shape index (κ2) is 3.97. The van der Waals surface area contributed by atoms with Crippen LogP contribution >= 0.6 is 0 Å². The Labute approximate surface area is 104 Å². The standard InChI is InChI=1S/C12H14N4O2/c1-8-2-10-13-7-14-16(10)11(3-8)15-5-9(6-15)4-12(17)18/h2-3,7,9H,4-6H2,1H3,(H,17,18). The number of fused-ring (bicyclic) bond motifs is 1. The number of anilines is 1. The molecule has 0 unspecified atom stereocenters. The van der Waals surface area contributed by atoms with Crippen molar-refractivity contribution in [3.05, 3.63) is 24.0 Å². The Bertz CT molecular complexity index is 601. The summed E-state index contributed by atoms with van der Waals surface area (Å²) in [6.45, 7) is 3.56. The molecular formula is C12H14N4O2. The van der Waals surface area contributed by atoms with Gasteiger partial charge in [0, 0.05) is 19.0 Å². The quantitative estimate of drug-likeness (QED) is 0.873. The van der Waals surface area contributed by atoms with Crippen LogP contribution in [0.15, 0.2) is 18.5 Å². The molecule has 0 aromatic carbocycles. The zero-order valence-corrected chi connectivity index (χ0v) is 10.1. The fourth-order valence-corrected chi connectivity index (χ4v) is 2.39. The number of aromatic nitrogens is 3. The average molecular weight is 246 g/mol. The largest absolute Gasteiger partial charge is 0.481 e. The highest BCUT2D eigenvalue weighted by Crippen LogP contribution is 2.27. The molecule has 2 aromatic rings. The third kappa shape index (κ3) is 1.79. The van der Waals surface area contributed by atoms with E-state index in [9.17, 15) is 4.79 Å². The molecule has 1 aliphatic heterocycles. The Morgan fingerprint density at radius 2 is 2.28 bits per heavy atom. The Balaban J connectivity index is 1.84. The maximum Gasteiger partial charge on any atom is 0.303 e. The first-order chi connectivity index (χ1) is 8.63. The van der Waals surface area contributed by atoms with Crippen molar-refractivity contribution < 1.29 is 9.90 Å². The van der Waals surface area contributed by atoms with Gasteiger partial charge in [0.25, 0.3) is 0 Å². The van der Waals surface area contributed by atoms with Gasteiger partial charge < -0.3 is 10.0 Å². The van der Waals surface area contributed by atoms with E-state index in [1.165, 1.54) is 6.33 Å². The van der Waals surface area contributed by atoms with Gasteiger partial charge in [0.1, 0.15) is 12.1 Å². The molecule has 1 aliphatic rings. The first-order valence-electron chi connectivity index (χ1n) is 5.90. The van der Waals surface area contributed by atoms with Crippen LogP contribution in [0.1, 0.15) is 12.0 Å².